The SMILES string of the molecule is O=C(CNC1CCN(Cc2ccccc2)CC1)N1CC(C(c2ccccc2)(C(F)(F)F)C(F)(F)F)NCC1c1ccccc1. The molecule has 2 saturated heterocycles. The largest absolute Gasteiger partial charge is 0.408 e. The summed E-state index contributed by atoms with van der Waals surface area (Å²) in [6, 6.07) is 21.3. The zero-order chi connectivity index (χ0) is 31.4. The van der Waals surface area contributed by atoms with E-state index in [0.29, 0.717) is 5.56 Å². The Morgan fingerprint density at radius 2 is 1.34 bits per heavy atom. The van der Waals surface area contributed by atoms with E-state index < -0.39 is 47.9 Å². The number of benzene rings is 3. The van der Waals surface area contributed by atoms with Crippen LogP contribution in [-0.4, -0.2) is 72.9 Å². The Hall–Kier alpha value is -3.41. The van der Waals surface area contributed by atoms with Crippen molar-refractivity contribution in [2.24, 2.45) is 0 Å². The lowest BCUT2D eigenvalue weighted by atomic mass is 9.71. The molecule has 2 heterocycles. The van der Waals surface area contributed by atoms with Crippen molar-refractivity contribution in [1.29, 1.82) is 0 Å². The van der Waals surface area contributed by atoms with Gasteiger partial charge in [-0.25, -0.2) is 0 Å². The number of piperidine rings is 1. The van der Waals surface area contributed by atoms with Gasteiger partial charge in [0.15, 0.2) is 0 Å². The molecule has 1 amide bonds. The molecule has 2 unspecified atom stereocenters. The first-order chi connectivity index (χ1) is 21.0. The Kier molecular flexibility index (Phi) is 9.67. The average molecular weight is 619 g/mol. The summed E-state index contributed by atoms with van der Waals surface area (Å²) in [5.74, 6) is -0.539. The predicted molar refractivity (Wildman–Crippen MR) is 156 cm³/mol. The van der Waals surface area contributed by atoms with E-state index in [1.807, 2.05) is 18.2 Å². The molecule has 0 aromatic heterocycles. The maximum Gasteiger partial charge on any atom is 0.408 e. The summed E-state index contributed by atoms with van der Waals surface area (Å²) in [4.78, 5) is 17.2. The molecule has 0 aliphatic carbocycles. The molecule has 2 fully saturated rings. The van der Waals surface area contributed by atoms with Gasteiger partial charge in [0.2, 0.25) is 11.3 Å². The van der Waals surface area contributed by atoms with Crippen LogP contribution in [0.25, 0.3) is 0 Å². The lowest BCUT2D eigenvalue weighted by Gasteiger charge is -2.50. The van der Waals surface area contributed by atoms with E-state index in [0.717, 1.165) is 56.7 Å². The van der Waals surface area contributed by atoms with Crippen LogP contribution in [-0.2, 0) is 16.8 Å². The van der Waals surface area contributed by atoms with Gasteiger partial charge in [0, 0.05) is 25.7 Å². The van der Waals surface area contributed by atoms with Gasteiger partial charge in [0.05, 0.1) is 18.6 Å². The Balaban J connectivity index is 1.34. The highest BCUT2D eigenvalue weighted by Gasteiger charge is 2.75. The number of alkyl halides is 6. The summed E-state index contributed by atoms with van der Waals surface area (Å²) in [5, 5.41) is 5.81. The molecule has 2 N–H and O–H groups in total. The molecule has 5 nitrogen and oxygen atoms in total. The van der Waals surface area contributed by atoms with Crippen LogP contribution < -0.4 is 10.6 Å². The van der Waals surface area contributed by atoms with Crippen molar-refractivity contribution in [3.05, 3.63) is 108 Å². The maximum absolute atomic E-state index is 14.8. The number of piperazine rings is 1. The normalized spacial score (nSPS) is 20.9. The summed E-state index contributed by atoms with van der Waals surface area (Å²) in [6.07, 6.45) is -9.84. The number of carbonyl (C=O) groups excluding carboxylic acids is 1. The number of hydrogen-bond acceptors (Lipinski definition) is 4. The first-order valence-electron chi connectivity index (χ1n) is 14.8. The summed E-state index contributed by atoms with van der Waals surface area (Å²) in [7, 11) is 0. The third kappa shape index (κ3) is 6.64. The minimum atomic E-state index is -5.69. The van der Waals surface area contributed by atoms with Gasteiger partial charge < -0.3 is 15.5 Å². The van der Waals surface area contributed by atoms with Crippen molar-refractivity contribution < 1.29 is 31.1 Å². The topological polar surface area (TPSA) is 47.6 Å². The second-order valence-corrected chi connectivity index (χ2v) is 11.5. The number of rotatable bonds is 8. The number of likely N-dealkylation sites (tertiary alicyclic amines) is 1. The lowest BCUT2D eigenvalue weighted by Crippen LogP contribution is -2.71. The highest BCUT2D eigenvalue weighted by atomic mass is 19.4. The van der Waals surface area contributed by atoms with Crippen molar-refractivity contribution in [2.45, 2.75) is 55.3 Å². The Morgan fingerprint density at radius 1 is 0.795 bits per heavy atom. The molecule has 0 bridgehead atoms. The zero-order valence-corrected chi connectivity index (χ0v) is 24.1. The highest BCUT2D eigenvalue weighted by Crippen LogP contribution is 2.55. The number of carbonyl (C=O) groups is 1. The van der Waals surface area contributed by atoms with Crippen LogP contribution in [0.4, 0.5) is 26.3 Å². The van der Waals surface area contributed by atoms with Crippen LogP contribution in [0.15, 0.2) is 91.0 Å². The lowest BCUT2D eigenvalue weighted by molar-refractivity contribution is -0.314. The Labute approximate surface area is 253 Å². The van der Waals surface area contributed by atoms with Gasteiger partial charge in [0.1, 0.15) is 0 Å². The van der Waals surface area contributed by atoms with Crippen LogP contribution >= 0.6 is 0 Å². The molecule has 3 aromatic carbocycles. The number of halogens is 6. The third-order valence-electron chi connectivity index (χ3n) is 8.84. The molecule has 5 rings (SSSR count). The van der Waals surface area contributed by atoms with Crippen molar-refractivity contribution >= 4 is 5.91 Å². The first-order valence-corrected chi connectivity index (χ1v) is 14.8. The first kappa shape index (κ1) is 32.0. The monoisotopic (exact) mass is 618 g/mol. The second-order valence-electron chi connectivity index (χ2n) is 11.5. The smallest absolute Gasteiger partial charge is 0.332 e. The fourth-order valence-corrected chi connectivity index (χ4v) is 6.55. The molecule has 11 heteroatoms. The van der Waals surface area contributed by atoms with Crippen molar-refractivity contribution in [3.63, 3.8) is 0 Å². The van der Waals surface area contributed by atoms with E-state index >= 15 is 0 Å². The number of hydrogen-bond donors (Lipinski definition) is 2. The molecule has 3 aromatic rings. The number of nitrogens with one attached hydrogen (secondary N) is 2. The summed E-state index contributed by atoms with van der Waals surface area (Å²) >= 11 is 0. The summed E-state index contributed by atoms with van der Waals surface area (Å²) in [6.45, 7) is 1.20. The van der Waals surface area contributed by atoms with Gasteiger partial charge in [-0.15, -0.1) is 0 Å². The van der Waals surface area contributed by atoms with Gasteiger partial charge in [-0.05, 0) is 42.6 Å². The molecule has 2 atom stereocenters. The average Bonchev–Trinajstić information content (AvgIpc) is 3.01. The Morgan fingerprint density at radius 3 is 1.91 bits per heavy atom. The minimum Gasteiger partial charge on any atom is -0.332 e. The third-order valence-corrected chi connectivity index (χ3v) is 8.84. The molecule has 236 valence electrons. The van der Waals surface area contributed by atoms with Gasteiger partial charge >= 0.3 is 12.4 Å². The van der Waals surface area contributed by atoms with E-state index in [1.165, 1.54) is 16.5 Å². The van der Waals surface area contributed by atoms with Crippen molar-refractivity contribution in [1.82, 2.24) is 20.4 Å². The molecule has 0 saturated carbocycles. The van der Waals surface area contributed by atoms with E-state index in [9.17, 15) is 31.1 Å². The van der Waals surface area contributed by atoms with Crippen molar-refractivity contribution in [3.8, 4) is 0 Å². The fourth-order valence-electron chi connectivity index (χ4n) is 6.55. The number of amides is 1. The quantitative estimate of drug-likeness (QED) is 0.312. The van der Waals surface area contributed by atoms with Crippen molar-refractivity contribution in [2.75, 3.05) is 32.7 Å². The van der Waals surface area contributed by atoms with Crippen LogP contribution in [0.2, 0.25) is 0 Å². The molecule has 0 radical (unpaired) electrons. The number of nitrogens with zero attached hydrogens (tertiary/aromatic N) is 2. The standard InChI is InChI=1S/C33H36F6N4O/c34-32(35,36)31(33(37,38)39,26-14-8-3-9-15-26)29-23-43(28(20-41-29)25-12-6-2-7-13-25)30(44)21-40-27-16-18-42(19-17-27)22-24-10-4-1-5-11-24/h1-15,27-29,40-41H,16-23H2. The van der Waals surface area contributed by atoms with Crippen LogP contribution in [0.3, 0.4) is 0 Å². The molecule has 2 aliphatic heterocycles. The molecule has 44 heavy (non-hydrogen) atoms. The van der Waals surface area contributed by atoms with Gasteiger partial charge in [-0.1, -0.05) is 91.0 Å². The fraction of sp³-hybridized carbons (Fsp3) is 0.424. The van der Waals surface area contributed by atoms with Crippen LogP contribution in [0.5, 0.6) is 0 Å². The molecular formula is C33H36F6N4O. The maximum atomic E-state index is 14.8. The zero-order valence-electron chi connectivity index (χ0n) is 24.1. The van der Waals surface area contributed by atoms with Gasteiger partial charge in [-0.2, -0.15) is 26.3 Å². The molecule has 0 spiro atoms. The predicted octanol–water partition coefficient (Wildman–Crippen LogP) is 5.84. The molecule has 2 aliphatic rings. The summed E-state index contributed by atoms with van der Waals surface area (Å²) < 4.78 is 88.6. The summed E-state index contributed by atoms with van der Waals surface area (Å²) in [5.41, 5.74) is -3.30. The van der Waals surface area contributed by atoms with E-state index in [4.69, 9.17) is 0 Å². The second kappa shape index (κ2) is 13.3. The minimum absolute atomic E-state index is 0.00798. The van der Waals surface area contributed by atoms with Crippen LogP contribution in [0.1, 0.15) is 35.6 Å². The van der Waals surface area contributed by atoms with Gasteiger partial charge in [0.25, 0.3) is 0 Å². The highest BCUT2D eigenvalue weighted by molar-refractivity contribution is 5.79. The van der Waals surface area contributed by atoms with Gasteiger partial charge in [-0.3, -0.25) is 9.69 Å². The van der Waals surface area contributed by atoms with E-state index in [2.05, 4.69) is 27.7 Å². The van der Waals surface area contributed by atoms with E-state index in [-0.39, 0.29) is 19.1 Å². The Bertz CT molecular complexity index is 1330. The van der Waals surface area contributed by atoms with Crippen LogP contribution in [0, 0.1) is 0 Å². The molecular weight excluding hydrogens is 582 g/mol. The van der Waals surface area contributed by atoms with E-state index in [1.54, 1.807) is 30.3 Å².